The Kier molecular flexibility index (Phi) is 5.47. The minimum Gasteiger partial charge on any atom is -0.456 e. The molecule has 4 nitrogen and oxygen atoms in total. The molecule has 0 atom stereocenters. The fourth-order valence-corrected chi connectivity index (χ4v) is 6.19. The predicted octanol–water partition coefficient (Wildman–Crippen LogP) is 10.9. The lowest BCUT2D eigenvalue weighted by atomic mass is 9.98. The molecule has 0 unspecified atom stereocenters. The molecule has 44 heavy (non-hydrogen) atoms. The van der Waals surface area contributed by atoms with Gasteiger partial charge in [-0.05, 0) is 53.6 Å². The summed E-state index contributed by atoms with van der Waals surface area (Å²) in [5.74, 6) is 0.692. The van der Waals surface area contributed by atoms with E-state index in [0.717, 1.165) is 83.1 Å². The van der Waals surface area contributed by atoms with Gasteiger partial charge in [0, 0.05) is 38.2 Å². The van der Waals surface area contributed by atoms with E-state index in [-0.39, 0.29) is 0 Å². The van der Waals surface area contributed by atoms with Crippen molar-refractivity contribution in [2.24, 2.45) is 0 Å². The molecule has 0 fully saturated rings. The largest absolute Gasteiger partial charge is 0.456 e. The first kappa shape index (κ1) is 24.6. The predicted molar refractivity (Wildman–Crippen MR) is 178 cm³/mol. The van der Waals surface area contributed by atoms with Gasteiger partial charge in [-0.2, -0.15) is 0 Å². The summed E-state index contributed by atoms with van der Waals surface area (Å²) >= 11 is 0. The molecule has 0 aliphatic rings. The van der Waals surface area contributed by atoms with E-state index in [1.165, 1.54) is 0 Å². The van der Waals surface area contributed by atoms with Crippen LogP contribution in [0.2, 0.25) is 0 Å². The third-order valence-corrected chi connectivity index (χ3v) is 8.31. The molecule has 0 aliphatic heterocycles. The first-order chi connectivity index (χ1) is 21.8. The quantitative estimate of drug-likeness (QED) is 0.213. The Morgan fingerprint density at radius 3 is 1.73 bits per heavy atom. The fraction of sp³-hybridized carbons (Fsp3) is 0. The van der Waals surface area contributed by atoms with Crippen molar-refractivity contribution in [3.63, 3.8) is 0 Å². The molecule has 0 saturated carbocycles. The Hall–Kier alpha value is -6.00. The summed E-state index contributed by atoms with van der Waals surface area (Å²) in [6, 6.07) is 49.6. The van der Waals surface area contributed by atoms with E-state index in [4.69, 9.17) is 18.8 Å². The summed E-state index contributed by atoms with van der Waals surface area (Å²) in [5, 5.41) is 4.38. The van der Waals surface area contributed by atoms with E-state index >= 15 is 0 Å². The topological polar surface area (TPSA) is 52.1 Å². The molecule has 4 heteroatoms. The Labute approximate surface area is 252 Å². The molecule has 0 amide bonds. The van der Waals surface area contributed by atoms with Crippen LogP contribution in [0.1, 0.15) is 0 Å². The highest BCUT2D eigenvalue weighted by Gasteiger charge is 2.16. The summed E-state index contributed by atoms with van der Waals surface area (Å²) in [6.45, 7) is 0. The van der Waals surface area contributed by atoms with Crippen LogP contribution in [0.5, 0.6) is 0 Å². The van der Waals surface area contributed by atoms with Gasteiger partial charge in [0.15, 0.2) is 5.82 Å². The second-order valence-corrected chi connectivity index (χ2v) is 11.0. The van der Waals surface area contributed by atoms with Crippen molar-refractivity contribution in [2.75, 3.05) is 0 Å². The van der Waals surface area contributed by atoms with E-state index in [2.05, 4.69) is 72.8 Å². The Balaban J connectivity index is 1.18. The molecule has 9 aromatic rings. The summed E-state index contributed by atoms with van der Waals surface area (Å²) < 4.78 is 12.7. The van der Waals surface area contributed by atoms with Gasteiger partial charge in [-0.15, -0.1) is 0 Å². The Morgan fingerprint density at radius 1 is 0.364 bits per heavy atom. The number of rotatable bonds is 4. The van der Waals surface area contributed by atoms with Crippen molar-refractivity contribution in [2.45, 2.75) is 0 Å². The number of benzene rings is 6. The number of aromatic nitrogens is 2. The lowest BCUT2D eigenvalue weighted by Crippen LogP contribution is -1.95. The van der Waals surface area contributed by atoms with Crippen LogP contribution in [-0.2, 0) is 0 Å². The van der Waals surface area contributed by atoms with Gasteiger partial charge in [-0.25, -0.2) is 9.97 Å². The Bertz CT molecular complexity index is 2430. The minimum atomic E-state index is 0.692. The van der Waals surface area contributed by atoms with Gasteiger partial charge < -0.3 is 8.83 Å². The summed E-state index contributed by atoms with van der Waals surface area (Å²) in [6.07, 6.45) is 0. The molecule has 0 bridgehead atoms. The zero-order chi connectivity index (χ0) is 29.0. The third-order valence-electron chi connectivity index (χ3n) is 8.31. The maximum Gasteiger partial charge on any atom is 0.160 e. The molecule has 0 saturated heterocycles. The maximum atomic E-state index is 6.52. The number of nitrogens with zero attached hydrogens (tertiary/aromatic N) is 2. The van der Waals surface area contributed by atoms with Gasteiger partial charge in [-0.1, -0.05) is 103 Å². The van der Waals surface area contributed by atoms with Gasteiger partial charge in [-0.3, -0.25) is 0 Å². The molecular weight excluding hydrogens is 540 g/mol. The Morgan fingerprint density at radius 2 is 0.955 bits per heavy atom. The molecule has 3 aromatic heterocycles. The third kappa shape index (κ3) is 4.00. The zero-order valence-corrected chi connectivity index (χ0v) is 23.6. The van der Waals surface area contributed by atoms with Crippen molar-refractivity contribution in [3.05, 3.63) is 146 Å². The molecule has 0 radical (unpaired) electrons. The summed E-state index contributed by atoms with van der Waals surface area (Å²) in [5.41, 5.74) is 10.4. The smallest absolute Gasteiger partial charge is 0.160 e. The van der Waals surface area contributed by atoms with Gasteiger partial charge in [0.05, 0.1) is 11.4 Å². The van der Waals surface area contributed by atoms with Crippen molar-refractivity contribution < 1.29 is 8.83 Å². The average Bonchev–Trinajstić information content (AvgIpc) is 3.66. The zero-order valence-electron chi connectivity index (χ0n) is 23.6. The highest BCUT2D eigenvalue weighted by molar-refractivity contribution is 6.13. The number of furan rings is 2. The van der Waals surface area contributed by atoms with Crippen molar-refractivity contribution in [3.8, 4) is 45.0 Å². The van der Waals surface area contributed by atoms with E-state index in [0.29, 0.717) is 5.82 Å². The molecular formula is C40H24N2O2. The van der Waals surface area contributed by atoms with Crippen LogP contribution >= 0.6 is 0 Å². The highest BCUT2D eigenvalue weighted by Crippen LogP contribution is 2.39. The highest BCUT2D eigenvalue weighted by atomic mass is 16.3. The average molecular weight is 565 g/mol. The molecule has 0 N–H and O–H groups in total. The van der Waals surface area contributed by atoms with Crippen molar-refractivity contribution in [1.82, 2.24) is 9.97 Å². The van der Waals surface area contributed by atoms with Gasteiger partial charge in [0.25, 0.3) is 0 Å². The maximum absolute atomic E-state index is 6.52. The number of hydrogen-bond acceptors (Lipinski definition) is 4. The van der Waals surface area contributed by atoms with Crippen LogP contribution in [0, 0.1) is 0 Å². The van der Waals surface area contributed by atoms with Crippen LogP contribution < -0.4 is 0 Å². The standard InChI is InChI=1S/C40H24N2O2/c1-3-10-25(11-4-1)33-24-34(42-40(41-33)26-12-5-2-6-13-26)28-19-21-31-30-20-18-27(22-37(30)44-38(31)23-28)29-15-9-17-36-39(29)32-14-7-8-16-35(32)43-36/h1-24H. The van der Waals surface area contributed by atoms with Crippen LogP contribution in [-0.4, -0.2) is 9.97 Å². The van der Waals surface area contributed by atoms with Crippen LogP contribution in [0.15, 0.2) is 154 Å². The molecule has 206 valence electrons. The number of fused-ring (bicyclic) bond motifs is 6. The first-order valence-corrected chi connectivity index (χ1v) is 14.7. The van der Waals surface area contributed by atoms with E-state index in [9.17, 15) is 0 Å². The van der Waals surface area contributed by atoms with Crippen LogP contribution in [0.3, 0.4) is 0 Å². The van der Waals surface area contributed by atoms with Crippen LogP contribution in [0.25, 0.3) is 88.9 Å². The number of para-hydroxylation sites is 1. The first-order valence-electron chi connectivity index (χ1n) is 14.7. The van der Waals surface area contributed by atoms with Gasteiger partial charge in [0.1, 0.15) is 22.3 Å². The molecule has 6 aromatic carbocycles. The van der Waals surface area contributed by atoms with Crippen molar-refractivity contribution in [1.29, 1.82) is 0 Å². The lowest BCUT2D eigenvalue weighted by Gasteiger charge is -2.09. The molecule has 0 spiro atoms. The van der Waals surface area contributed by atoms with Gasteiger partial charge in [0.2, 0.25) is 0 Å². The monoisotopic (exact) mass is 564 g/mol. The summed E-state index contributed by atoms with van der Waals surface area (Å²) in [7, 11) is 0. The van der Waals surface area contributed by atoms with E-state index in [1.54, 1.807) is 0 Å². The minimum absolute atomic E-state index is 0.692. The molecule has 3 heterocycles. The van der Waals surface area contributed by atoms with Gasteiger partial charge >= 0.3 is 0 Å². The van der Waals surface area contributed by atoms with Crippen LogP contribution in [0.4, 0.5) is 0 Å². The second-order valence-electron chi connectivity index (χ2n) is 11.0. The number of hydrogen-bond donors (Lipinski definition) is 0. The van der Waals surface area contributed by atoms with E-state index < -0.39 is 0 Å². The van der Waals surface area contributed by atoms with Crippen molar-refractivity contribution >= 4 is 43.9 Å². The second kappa shape index (κ2) is 9.79. The fourth-order valence-electron chi connectivity index (χ4n) is 6.19. The SMILES string of the molecule is c1ccc(-c2cc(-c3ccc4c(c3)oc3cc(-c5cccc6oc7ccccc7c56)ccc34)nc(-c3ccccc3)n2)cc1. The summed E-state index contributed by atoms with van der Waals surface area (Å²) in [4.78, 5) is 9.93. The lowest BCUT2D eigenvalue weighted by molar-refractivity contribution is 0.668. The molecule has 0 aliphatic carbocycles. The molecule has 9 rings (SSSR count). The van der Waals surface area contributed by atoms with E-state index in [1.807, 2.05) is 72.8 Å². The normalized spacial score (nSPS) is 11.6.